The Balaban J connectivity index is 2.06. The number of azo groups is 1. The zero-order chi connectivity index (χ0) is 14.8. The highest BCUT2D eigenvalue weighted by atomic mass is 16.3. The summed E-state index contributed by atoms with van der Waals surface area (Å²) in [6.45, 7) is 4.08. The monoisotopic (exact) mass is 276 g/mol. The summed E-state index contributed by atoms with van der Waals surface area (Å²) in [6.07, 6.45) is 0. The molecule has 0 saturated carbocycles. The fraction of sp³-hybridized carbons (Fsp3) is 0.111. The summed E-state index contributed by atoms with van der Waals surface area (Å²) in [4.78, 5) is 0. The third kappa shape index (κ3) is 2.63. The van der Waals surface area contributed by atoms with Gasteiger partial charge in [0.25, 0.3) is 0 Å². The minimum Gasteiger partial charge on any atom is -0.507 e. The highest BCUT2D eigenvalue weighted by Crippen LogP contribution is 2.33. The lowest BCUT2D eigenvalue weighted by atomic mass is 10.1. The zero-order valence-electron chi connectivity index (χ0n) is 12.0. The molecule has 0 bridgehead atoms. The lowest BCUT2D eigenvalue weighted by Gasteiger charge is -2.04. The molecule has 3 aromatic carbocycles. The zero-order valence-corrected chi connectivity index (χ0v) is 12.0. The summed E-state index contributed by atoms with van der Waals surface area (Å²) in [6, 6.07) is 17.1. The van der Waals surface area contributed by atoms with Crippen LogP contribution in [0.2, 0.25) is 0 Å². The van der Waals surface area contributed by atoms with Crippen LogP contribution in [0.15, 0.2) is 64.8 Å². The molecular formula is C18H16N2O. The molecule has 21 heavy (non-hydrogen) atoms. The molecule has 3 heteroatoms. The van der Waals surface area contributed by atoms with Gasteiger partial charge in [0.05, 0.1) is 11.4 Å². The second kappa shape index (κ2) is 5.37. The highest BCUT2D eigenvalue weighted by molar-refractivity contribution is 5.96. The van der Waals surface area contributed by atoms with Crippen LogP contribution < -0.4 is 0 Å². The Kier molecular flexibility index (Phi) is 3.40. The van der Waals surface area contributed by atoms with Gasteiger partial charge in [0.1, 0.15) is 5.75 Å². The molecule has 0 spiro atoms. The Hall–Kier alpha value is -2.68. The molecule has 0 radical (unpaired) electrons. The minimum atomic E-state index is 0.260. The SMILES string of the molecule is Cc1ccc(N=Nc2ccc(O)c3ccccc23)c(C)c1. The van der Waals surface area contributed by atoms with Crippen LogP contribution in [0.4, 0.5) is 11.4 Å². The van der Waals surface area contributed by atoms with Gasteiger partial charge in [0.15, 0.2) is 0 Å². The maximum absolute atomic E-state index is 9.88. The second-order valence-electron chi connectivity index (χ2n) is 5.14. The van der Waals surface area contributed by atoms with Crippen molar-refractivity contribution in [3.05, 3.63) is 65.7 Å². The molecular weight excluding hydrogens is 260 g/mol. The van der Waals surface area contributed by atoms with Crippen LogP contribution in [0.5, 0.6) is 5.75 Å². The Morgan fingerprint density at radius 2 is 1.43 bits per heavy atom. The van der Waals surface area contributed by atoms with Crippen molar-refractivity contribution in [2.75, 3.05) is 0 Å². The lowest BCUT2D eigenvalue weighted by Crippen LogP contribution is -1.77. The first-order valence-corrected chi connectivity index (χ1v) is 6.85. The van der Waals surface area contributed by atoms with E-state index in [2.05, 4.69) is 23.2 Å². The van der Waals surface area contributed by atoms with E-state index in [0.29, 0.717) is 0 Å². The number of phenolic OH excluding ortho intramolecular Hbond substituents is 1. The van der Waals surface area contributed by atoms with Crippen molar-refractivity contribution in [3.63, 3.8) is 0 Å². The maximum atomic E-state index is 9.88. The Labute approximate surface area is 123 Å². The molecule has 3 rings (SSSR count). The van der Waals surface area contributed by atoms with E-state index in [1.165, 1.54) is 5.56 Å². The predicted octanol–water partition coefficient (Wildman–Crippen LogP) is 5.58. The number of aryl methyl sites for hydroxylation is 2. The number of aromatic hydroxyl groups is 1. The van der Waals surface area contributed by atoms with Crippen molar-refractivity contribution >= 4 is 22.1 Å². The molecule has 0 unspecified atom stereocenters. The average Bonchev–Trinajstić information content (AvgIpc) is 2.48. The van der Waals surface area contributed by atoms with E-state index in [1.807, 2.05) is 43.3 Å². The molecule has 0 aliphatic rings. The Morgan fingerprint density at radius 1 is 0.762 bits per heavy atom. The Bertz CT molecular complexity index is 838. The quantitative estimate of drug-likeness (QED) is 0.610. The van der Waals surface area contributed by atoms with Crippen molar-refractivity contribution in [3.8, 4) is 5.75 Å². The molecule has 0 aliphatic heterocycles. The van der Waals surface area contributed by atoms with E-state index >= 15 is 0 Å². The minimum absolute atomic E-state index is 0.260. The number of nitrogens with zero attached hydrogens (tertiary/aromatic N) is 2. The first-order valence-electron chi connectivity index (χ1n) is 6.85. The maximum Gasteiger partial charge on any atom is 0.123 e. The molecule has 0 amide bonds. The third-order valence-corrected chi connectivity index (χ3v) is 3.50. The highest BCUT2D eigenvalue weighted by Gasteiger charge is 2.04. The van der Waals surface area contributed by atoms with Gasteiger partial charge in [-0.1, -0.05) is 42.0 Å². The van der Waals surface area contributed by atoms with Crippen molar-refractivity contribution < 1.29 is 5.11 Å². The van der Waals surface area contributed by atoms with Crippen LogP contribution >= 0.6 is 0 Å². The van der Waals surface area contributed by atoms with Crippen molar-refractivity contribution in [2.24, 2.45) is 10.2 Å². The summed E-state index contributed by atoms with van der Waals surface area (Å²) >= 11 is 0. The third-order valence-electron chi connectivity index (χ3n) is 3.50. The van der Waals surface area contributed by atoms with Gasteiger partial charge < -0.3 is 5.11 Å². The van der Waals surface area contributed by atoms with E-state index in [1.54, 1.807) is 12.1 Å². The van der Waals surface area contributed by atoms with Crippen LogP contribution in [0.1, 0.15) is 11.1 Å². The van der Waals surface area contributed by atoms with E-state index < -0.39 is 0 Å². The topological polar surface area (TPSA) is 45.0 Å². The Morgan fingerprint density at radius 3 is 2.19 bits per heavy atom. The number of benzene rings is 3. The van der Waals surface area contributed by atoms with Gasteiger partial charge in [0.2, 0.25) is 0 Å². The summed E-state index contributed by atoms with van der Waals surface area (Å²) in [5.74, 6) is 0.260. The van der Waals surface area contributed by atoms with Crippen molar-refractivity contribution in [2.45, 2.75) is 13.8 Å². The molecule has 0 aromatic heterocycles. The standard InChI is InChI=1S/C18H16N2O/c1-12-7-8-16(13(2)11-12)19-20-17-9-10-18(21)15-6-4-3-5-14(15)17/h3-11,21H,1-2H3. The largest absolute Gasteiger partial charge is 0.507 e. The number of phenols is 1. The van der Waals surface area contributed by atoms with Gasteiger partial charge in [0, 0.05) is 10.8 Å². The van der Waals surface area contributed by atoms with Crippen molar-refractivity contribution in [1.29, 1.82) is 0 Å². The summed E-state index contributed by atoms with van der Waals surface area (Å²) in [5, 5.41) is 20.3. The summed E-state index contributed by atoms with van der Waals surface area (Å²) in [5.41, 5.74) is 3.92. The number of rotatable bonds is 2. The molecule has 0 atom stereocenters. The van der Waals surface area contributed by atoms with E-state index in [4.69, 9.17) is 0 Å². The molecule has 0 aliphatic carbocycles. The van der Waals surface area contributed by atoms with Crippen LogP contribution in [-0.2, 0) is 0 Å². The first-order chi connectivity index (χ1) is 10.1. The number of fused-ring (bicyclic) bond motifs is 1. The van der Waals surface area contributed by atoms with E-state index in [9.17, 15) is 5.11 Å². The molecule has 0 saturated heterocycles. The molecule has 1 N–H and O–H groups in total. The lowest BCUT2D eigenvalue weighted by molar-refractivity contribution is 0.481. The van der Waals surface area contributed by atoms with Gasteiger partial charge >= 0.3 is 0 Å². The van der Waals surface area contributed by atoms with Crippen LogP contribution in [0.25, 0.3) is 10.8 Å². The van der Waals surface area contributed by atoms with Gasteiger partial charge in [-0.05, 0) is 37.6 Å². The molecule has 3 aromatic rings. The van der Waals surface area contributed by atoms with Crippen LogP contribution in [0.3, 0.4) is 0 Å². The molecule has 104 valence electrons. The van der Waals surface area contributed by atoms with Gasteiger partial charge in [-0.2, -0.15) is 5.11 Å². The fourth-order valence-electron chi connectivity index (χ4n) is 2.38. The van der Waals surface area contributed by atoms with Gasteiger partial charge in [-0.15, -0.1) is 5.11 Å². The summed E-state index contributed by atoms with van der Waals surface area (Å²) in [7, 11) is 0. The van der Waals surface area contributed by atoms with Crippen LogP contribution in [-0.4, -0.2) is 5.11 Å². The molecule has 3 nitrogen and oxygen atoms in total. The number of hydrogen-bond donors (Lipinski definition) is 1. The number of hydrogen-bond acceptors (Lipinski definition) is 3. The van der Waals surface area contributed by atoms with Crippen LogP contribution in [0, 0.1) is 13.8 Å². The van der Waals surface area contributed by atoms with E-state index in [-0.39, 0.29) is 5.75 Å². The fourth-order valence-corrected chi connectivity index (χ4v) is 2.38. The van der Waals surface area contributed by atoms with Gasteiger partial charge in [-0.25, -0.2) is 0 Å². The van der Waals surface area contributed by atoms with Crippen molar-refractivity contribution in [1.82, 2.24) is 0 Å². The molecule has 0 heterocycles. The normalized spacial score (nSPS) is 11.3. The summed E-state index contributed by atoms with van der Waals surface area (Å²) < 4.78 is 0. The van der Waals surface area contributed by atoms with Gasteiger partial charge in [-0.3, -0.25) is 0 Å². The smallest absolute Gasteiger partial charge is 0.123 e. The second-order valence-corrected chi connectivity index (χ2v) is 5.14. The molecule has 0 fully saturated rings. The predicted molar refractivity (Wildman–Crippen MR) is 85.7 cm³/mol. The average molecular weight is 276 g/mol. The first kappa shape index (κ1) is 13.3. The van der Waals surface area contributed by atoms with E-state index in [0.717, 1.165) is 27.7 Å².